The average Bonchev–Trinajstić information content (AvgIpc) is 2.47. The fourth-order valence-corrected chi connectivity index (χ4v) is 1.54. The van der Waals surface area contributed by atoms with Gasteiger partial charge < -0.3 is 30.6 Å². The highest BCUT2D eigenvalue weighted by atomic mass is 16.4. The van der Waals surface area contributed by atoms with E-state index in [9.17, 15) is 20.4 Å². The van der Waals surface area contributed by atoms with Crippen molar-refractivity contribution in [1.29, 1.82) is 0 Å². The SMILES string of the molecule is OCC(O)C(O)Cc1cnc(CC(O)C(O)CO)cn1. The van der Waals surface area contributed by atoms with E-state index in [1.54, 1.807) is 0 Å². The maximum Gasteiger partial charge on any atom is 0.103 e. The molecule has 0 fully saturated rings. The average molecular weight is 288 g/mol. The van der Waals surface area contributed by atoms with Crippen LogP contribution in [0.3, 0.4) is 0 Å². The third-order valence-electron chi connectivity index (χ3n) is 2.86. The first-order valence-electron chi connectivity index (χ1n) is 6.21. The second-order valence-electron chi connectivity index (χ2n) is 4.54. The Bertz CT molecular complexity index is 351. The van der Waals surface area contributed by atoms with Gasteiger partial charge in [-0.1, -0.05) is 0 Å². The Balaban J connectivity index is 2.56. The molecule has 0 saturated carbocycles. The summed E-state index contributed by atoms with van der Waals surface area (Å²) >= 11 is 0. The fraction of sp³-hybridized carbons (Fsp3) is 0.667. The van der Waals surface area contributed by atoms with Gasteiger partial charge >= 0.3 is 0 Å². The highest BCUT2D eigenvalue weighted by Gasteiger charge is 2.18. The zero-order valence-corrected chi connectivity index (χ0v) is 10.9. The number of rotatable bonds is 8. The predicted octanol–water partition coefficient (Wildman–Crippen LogP) is -3.01. The molecule has 0 spiro atoms. The Hall–Kier alpha value is -1.16. The summed E-state index contributed by atoms with van der Waals surface area (Å²) in [5.74, 6) is 0. The summed E-state index contributed by atoms with van der Waals surface area (Å²) in [5, 5.41) is 54.8. The topological polar surface area (TPSA) is 147 Å². The van der Waals surface area contributed by atoms with Crippen LogP contribution in [0.2, 0.25) is 0 Å². The van der Waals surface area contributed by atoms with Crippen LogP contribution in [-0.2, 0) is 12.8 Å². The Morgan fingerprint density at radius 1 is 0.700 bits per heavy atom. The van der Waals surface area contributed by atoms with Gasteiger partial charge in [0.25, 0.3) is 0 Å². The zero-order chi connectivity index (χ0) is 15.1. The molecular formula is C12H20N2O6. The van der Waals surface area contributed by atoms with Crippen LogP contribution in [0, 0.1) is 0 Å². The number of aromatic nitrogens is 2. The van der Waals surface area contributed by atoms with E-state index in [1.807, 2.05) is 0 Å². The molecule has 6 N–H and O–H groups in total. The Kier molecular flexibility index (Phi) is 6.93. The lowest BCUT2D eigenvalue weighted by atomic mass is 10.1. The summed E-state index contributed by atoms with van der Waals surface area (Å²) in [6.07, 6.45) is -1.92. The van der Waals surface area contributed by atoms with Gasteiger partial charge in [-0.15, -0.1) is 0 Å². The van der Waals surface area contributed by atoms with Gasteiger partial charge in [0.05, 0.1) is 36.8 Å². The second kappa shape index (κ2) is 8.20. The maximum atomic E-state index is 9.51. The molecule has 4 atom stereocenters. The molecular weight excluding hydrogens is 268 g/mol. The van der Waals surface area contributed by atoms with Crippen LogP contribution in [0.15, 0.2) is 12.4 Å². The first-order chi connectivity index (χ1) is 9.47. The smallest absolute Gasteiger partial charge is 0.103 e. The van der Waals surface area contributed by atoms with Crippen molar-refractivity contribution < 1.29 is 30.6 Å². The molecule has 20 heavy (non-hydrogen) atoms. The lowest BCUT2D eigenvalue weighted by Gasteiger charge is -2.16. The van der Waals surface area contributed by atoms with Crippen LogP contribution < -0.4 is 0 Å². The third kappa shape index (κ3) is 5.08. The highest BCUT2D eigenvalue weighted by Crippen LogP contribution is 2.06. The van der Waals surface area contributed by atoms with Crippen molar-refractivity contribution in [2.45, 2.75) is 37.3 Å². The van der Waals surface area contributed by atoms with Crippen LogP contribution in [0.4, 0.5) is 0 Å². The van der Waals surface area contributed by atoms with Crippen molar-refractivity contribution in [3.63, 3.8) is 0 Å². The van der Waals surface area contributed by atoms with E-state index in [0.29, 0.717) is 11.4 Å². The molecule has 8 nitrogen and oxygen atoms in total. The van der Waals surface area contributed by atoms with E-state index >= 15 is 0 Å². The summed E-state index contributed by atoms with van der Waals surface area (Å²) in [4.78, 5) is 8.01. The molecule has 0 radical (unpaired) electrons. The van der Waals surface area contributed by atoms with Crippen molar-refractivity contribution >= 4 is 0 Å². The molecule has 1 heterocycles. The van der Waals surface area contributed by atoms with E-state index in [1.165, 1.54) is 12.4 Å². The van der Waals surface area contributed by atoms with E-state index < -0.39 is 37.6 Å². The minimum atomic E-state index is -1.24. The van der Waals surface area contributed by atoms with Gasteiger partial charge in [-0.3, -0.25) is 9.97 Å². The fourth-order valence-electron chi connectivity index (χ4n) is 1.54. The van der Waals surface area contributed by atoms with Gasteiger partial charge in [0.15, 0.2) is 0 Å². The number of aliphatic hydroxyl groups is 6. The van der Waals surface area contributed by atoms with Crippen LogP contribution in [0.1, 0.15) is 11.4 Å². The van der Waals surface area contributed by atoms with Crippen molar-refractivity contribution in [1.82, 2.24) is 9.97 Å². The second-order valence-corrected chi connectivity index (χ2v) is 4.54. The minimum Gasteiger partial charge on any atom is -0.394 e. The Morgan fingerprint density at radius 2 is 1.05 bits per heavy atom. The van der Waals surface area contributed by atoms with E-state index in [2.05, 4.69) is 9.97 Å². The Labute approximate surface area is 116 Å². The number of hydrogen-bond donors (Lipinski definition) is 6. The van der Waals surface area contributed by atoms with Gasteiger partial charge in [-0.25, -0.2) is 0 Å². The van der Waals surface area contributed by atoms with E-state index in [0.717, 1.165) is 0 Å². The van der Waals surface area contributed by atoms with Crippen LogP contribution in [0.5, 0.6) is 0 Å². The summed E-state index contributed by atoms with van der Waals surface area (Å²) in [5.41, 5.74) is 0.844. The quantitative estimate of drug-likeness (QED) is 0.296. The molecule has 0 aliphatic rings. The van der Waals surface area contributed by atoms with Gasteiger partial charge in [0.2, 0.25) is 0 Å². The molecule has 4 unspecified atom stereocenters. The maximum absolute atomic E-state index is 9.51. The molecule has 0 aliphatic heterocycles. The monoisotopic (exact) mass is 288 g/mol. The number of aliphatic hydroxyl groups excluding tert-OH is 6. The molecule has 0 bridgehead atoms. The van der Waals surface area contributed by atoms with Crippen LogP contribution in [0.25, 0.3) is 0 Å². The largest absolute Gasteiger partial charge is 0.394 e. The molecule has 0 amide bonds. The molecule has 0 saturated heterocycles. The van der Waals surface area contributed by atoms with Crippen LogP contribution >= 0.6 is 0 Å². The van der Waals surface area contributed by atoms with Crippen molar-refractivity contribution in [3.05, 3.63) is 23.8 Å². The van der Waals surface area contributed by atoms with Crippen molar-refractivity contribution in [2.24, 2.45) is 0 Å². The predicted molar refractivity (Wildman–Crippen MR) is 67.6 cm³/mol. The zero-order valence-electron chi connectivity index (χ0n) is 10.9. The normalized spacial score (nSPS) is 17.5. The molecule has 1 aromatic rings. The molecule has 1 aromatic heterocycles. The standard InChI is InChI=1S/C12H20N2O6/c15-5-11(19)9(17)1-7-3-14-8(4-13-7)2-10(18)12(20)6-16/h3-4,9-12,15-20H,1-2,5-6H2. The number of nitrogens with zero attached hydrogens (tertiary/aromatic N) is 2. The van der Waals surface area contributed by atoms with E-state index in [4.69, 9.17) is 10.2 Å². The third-order valence-corrected chi connectivity index (χ3v) is 2.86. The Morgan fingerprint density at radius 3 is 1.30 bits per heavy atom. The summed E-state index contributed by atoms with van der Waals surface area (Å²) < 4.78 is 0. The molecule has 114 valence electrons. The molecule has 1 rings (SSSR count). The lowest BCUT2D eigenvalue weighted by molar-refractivity contribution is -0.0143. The van der Waals surface area contributed by atoms with Gasteiger partial charge in [-0.2, -0.15) is 0 Å². The van der Waals surface area contributed by atoms with E-state index in [-0.39, 0.29) is 12.8 Å². The summed E-state index contributed by atoms with van der Waals surface area (Å²) in [7, 11) is 0. The lowest BCUT2D eigenvalue weighted by Crippen LogP contribution is -2.32. The van der Waals surface area contributed by atoms with Crippen LogP contribution in [-0.4, -0.2) is 78.2 Å². The molecule has 0 aromatic carbocycles. The first-order valence-corrected chi connectivity index (χ1v) is 6.21. The van der Waals surface area contributed by atoms with Gasteiger partial charge in [0.1, 0.15) is 12.2 Å². The summed E-state index contributed by atoms with van der Waals surface area (Å²) in [6.45, 7) is -1.09. The number of hydrogen-bond acceptors (Lipinski definition) is 8. The van der Waals surface area contributed by atoms with Gasteiger partial charge in [-0.05, 0) is 0 Å². The van der Waals surface area contributed by atoms with Gasteiger partial charge in [0, 0.05) is 25.2 Å². The molecule has 8 heteroatoms. The minimum absolute atomic E-state index is 0.0385. The van der Waals surface area contributed by atoms with Crippen molar-refractivity contribution in [3.8, 4) is 0 Å². The first kappa shape index (κ1) is 16.9. The molecule has 0 aliphatic carbocycles. The highest BCUT2D eigenvalue weighted by molar-refractivity contribution is 5.05. The summed E-state index contributed by atoms with van der Waals surface area (Å²) in [6, 6.07) is 0. The van der Waals surface area contributed by atoms with Crippen molar-refractivity contribution in [2.75, 3.05) is 13.2 Å².